The van der Waals surface area contributed by atoms with Crippen LogP contribution in [0.25, 0.3) is 10.8 Å². The lowest BCUT2D eigenvalue weighted by molar-refractivity contribution is -0.121. The Morgan fingerprint density at radius 1 is 1.03 bits per heavy atom. The minimum atomic E-state index is -0.799. The van der Waals surface area contributed by atoms with Gasteiger partial charge in [-0.05, 0) is 80.3 Å². The number of nitrogens with zero attached hydrogens (tertiary/aromatic N) is 1. The molecule has 0 saturated heterocycles. The van der Waals surface area contributed by atoms with Crippen LogP contribution < -0.4 is 30.1 Å². The third-order valence-electron chi connectivity index (χ3n) is 5.38. The second kappa shape index (κ2) is 12.9. The van der Waals surface area contributed by atoms with Gasteiger partial charge in [0.1, 0.15) is 11.9 Å². The molecule has 0 spiro atoms. The predicted octanol–water partition coefficient (Wildman–Crippen LogP) is 5.85. The van der Waals surface area contributed by atoms with Crippen LogP contribution in [0, 0.1) is 0 Å². The summed E-state index contributed by atoms with van der Waals surface area (Å²) in [5, 5.41) is 5.04. The van der Waals surface area contributed by atoms with E-state index in [-0.39, 0.29) is 12.0 Å². The first-order valence-electron chi connectivity index (χ1n) is 12.1. The van der Waals surface area contributed by atoms with E-state index in [1.807, 2.05) is 69.3 Å². The summed E-state index contributed by atoms with van der Waals surface area (Å²) in [5.74, 6) is 1.74. The topological polar surface area (TPSA) is 117 Å². The maximum Gasteiger partial charge on any atom is 0.258 e. The molecule has 198 valence electrons. The SMILES string of the molecule is CCOc1cc(C(Nc2ccc3c(N)nccc3c2)C(=O)NSOOc2ccccc2)ccc1OC(C)C. The first kappa shape index (κ1) is 26.9. The fraction of sp³-hybridized carbons (Fsp3) is 0.214. The molecule has 0 aliphatic heterocycles. The van der Waals surface area contributed by atoms with Gasteiger partial charge in [-0.15, -0.1) is 0 Å². The molecule has 1 atom stereocenters. The lowest BCUT2D eigenvalue weighted by Gasteiger charge is -2.22. The number of carbonyl (C=O) groups excluding carboxylic acids is 1. The van der Waals surface area contributed by atoms with Crippen molar-refractivity contribution in [3.05, 3.63) is 84.6 Å². The highest BCUT2D eigenvalue weighted by Gasteiger charge is 2.23. The van der Waals surface area contributed by atoms with E-state index in [9.17, 15) is 4.79 Å². The molecule has 1 unspecified atom stereocenters. The largest absolute Gasteiger partial charge is 0.490 e. The average Bonchev–Trinajstić information content (AvgIpc) is 2.91. The Morgan fingerprint density at radius 3 is 2.61 bits per heavy atom. The molecule has 1 heterocycles. The van der Waals surface area contributed by atoms with Crippen molar-refractivity contribution in [1.29, 1.82) is 0 Å². The number of nitrogens with two attached hydrogens (primary N) is 1. The highest BCUT2D eigenvalue weighted by Crippen LogP contribution is 2.33. The number of anilines is 2. The fourth-order valence-electron chi connectivity index (χ4n) is 3.73. The fourth-order valence-corrected chi connectivity index (χ4v) is 4.08. The highest BCUT2D eigenvalue weighted by atomic mass is 32.2. The summed E-state index contributed by atoms with van der Waals surface area (Å²) in [7, 11) is 0. The van der Waals surface area contributed by atoms with E-state index in [4.69, 9.17) is 24.4 Å². The molecule has 4 rings (SSSR count). The van der Waals surface area contributed by atoms with Crippen molar-refractivity contribution in [3.8, 4) is 17.2 Å². The predicted molar refractivity (Wildman–Crippen MR) is 150 cm³/mol. The van der Waals surface area contributed by atoms with Crippen LogP contribution in [0.1, 0.15) is 32.4 Å². The van der Waals surface area contributed by atoms with Gasteiger partial charge in [-0.1, -0.05) is 28.6 Å². The van der Waals surface area contributed by atoms with Crippen LogP contribution in [-0.2, 0) is 9.13 Å². The van der Waals surface area contributed by atoms with E-state index in [0.717, 1.165) is 16.5 Å². The molecule has 0 saturated carbocycles. The molecule has 4 aromatic rings. The van der Waals surface area contributed by atoms with E-state index in [1.165, 1.54) is 0 Å². The number of hydrogen-bond acceptors (Lipinski definition) is 9. The molecule has 38 heavy (non-hydrogen) atoms. The Morgan fingerprint density at radius 2 is 1.84 bits per heavy atom. The Labute approximate surface area is 225 Å². The molecular weight excluding hydrogens is 504 g/mol. The minimum absolute atomic E-state index is 0.0324. The van der Waals surface area contributed by atoms with Crippen LogP contribution in [-0.4, -0.2) is 23.6 Å². The molecule has 3 aromatic carbocycles. The van der Waals surface area contributed by atoms with Gasteiger partial charge in [-0.2, -0.15) is 0 Å². The average molecular weight is 535 g/mol. The number of nitrogens with one attached hydrogen (secondary N) is 2. The number of nitrogen functional groups attached to an aromatic ring is 1. The quantitative estimate of drug-likeness (QED) is 0.0677. The molecule has 0 bridgehead atoms. The monoisotopic (exact) mass is 534 g/mol. The second-order valence-corrected chi connectivity index (χ2v) is 9.04. The Hall–Kier alpha value is -4.15. The number of fused-ring (bicyclic) bond motifs is 1. The first-order chi connectivity index (χ1) is 18.4. The molecule has 4 N–H and O–H groups in total. The number of rotatable bonds is 12. The van der Waals surface area contributed by atoms with Gasteiger partial charge in [-0.25, -0.2) is 4.98 Å². The summed E-state index contributed by atoms with van der Waals surface area (Å²) in [6, 6.07) is 21.1. The molecule has 0 aliphatic carbocycles. The zero-order valence-corrected chi connectivity index (χ0v) is 22.2. The lowest BCUT2D eigenvalue weighted by atomic mass is 10.0. The summed E-state index contributed by atoms with van der Waals surface area (Å²) in [5.41, 5.74) is 7.39. The third-order valence-corrected chi connectivity index (χ3v) is 5.80. The molecule has 0 radical (unpaired) electrons. The van der Waals surface area contributed by atoms with E-state index >= 15 is 0 Å². The van der Waals surface area contributed by atoms with E-state index in [1.54, 1.807) is 30.5 Å². The minimum Gasteiger partial charge on any atom is -0.490 e. The van der Waals surface area contributed by atoms with Gasteiger partial charge in [0.2, 0.25) is 0 Å². The summed E-state index contributed by atoms with van der Waals surface area (Å²) in [4.78, 5) is 22.7. The van der Waals surface area contributed by atoms with Gasteiger partial charge >= 0.3 is 0 Å². The number of hydrogen-bond donors (Lipinski definition) is 3. The van der Waals surface area contributed by atoms with Crippen LogP contribution in [0.4, 0.5) is 11.5 Å². The summed E-state index contributed by atoms with van der Waals surface area (Å²) >= 11 is 0.678. The van der Waals surface area contributed by atoms with Gasteiger partial charge in [0.05, 0.1) is 12.7 Å². The van der Waals surface area contributed by atoms with Crippen molar-refractivity contribution in [2.45, 2.75) is 32.9 Å². The number of pyridine rings is 1. The maximum atomic E-state index is 13.4. The summed E-state index contributed by atoms with van der Waals surface area (Å²) in [6.45, 7) is 6.23. The number of benzene rings is 3. The van der Waals surface area contributed by atoms with Crippen LogP contribution in [0.15, 0.2) is 79.0 Å². The number of amides is 1. The Bertz CT molecular complexity index is 1370. The van der Waals surface area contributed by atoms with Gasteiger partial charge < -0.3 is 25.4 Å². The molecule has 9 nitrogen and oxygen atoms in total. The molecule has 0 fully saturated rings. The van der Waals surface area contributed by atoms with Crippen LogP contribution in [0.5, 0.6) is 17.2 Å². The van der Waals surface area contributed by atoms with E-state index in [2.05, 4.69) is 15.0 Å². The molecule has 1 amide bonds. The highest BCUT2D eigenvalue weighted by molar-refractivity contribution is 7.93. The van der Waals surface area contributed by atoms with Crippen LogP contribution in [0.3, 0.4) is 0 Å². The van der Waals surface area contributed by atoms with E-state index in [0.29, 0.717) is 47.5 Å². The molecule has 0 aliphatic rings. The molecule has 1 aromatic heterocycles. The van der Waals surface area contributed by atoms with Gasteiger partial charge in [-0.3, -0.25) is 9.52 Å². The van der Waals surface area contributed by atoms with Crippen molar-refractivity contribution in [3.63, 3.8) is 0 Å². The zero-order valence-electron chi connectivity index (χ0n) is 21.3. The lowest BCUT2D eigenvalue weighted by Crippen LogP contribution is -2.30. The van der Waals surface area contributed by atoms with E-state index < -0.39 is 6.04 Å². The van der Waals surface area contributed by atoms with Crippen LogP contribution in [0.2, 0.25) is 0 Å². The number of para-hydroxylation sites is 1. The maximum absolute atomic E-state index is 13.4. The third kappa shape index (κ3) is 6.99. The molecule has 10 heteroatoms. The smallest absolute Gasteiger partial charge is 0.258 e. The van der Waals surface area contributed by atoms with Crippen molar-refractivity contribution < 1.29 is 23.5 Å². The van der Waals surface area contributed by atoms with Gasteiger partial charge in [0.15, 0.2) is 29.5 Å². The Balaban J connectivity index is 1.58. The van der Waals surface area contributed by atoms with Gasteiger partial charge in [0.25, 0.3) is 5.91 Å². The molecular formula is C28H30N4O5S. The standard InChI is InChI=1S/C28H30N4O5S/c1-4-34-25-17-20(10-13-24(25)35-18(2)3)26(28(33)32-38-37-36-22-8-6-5-7-9-22)31-21-11-12-23-19(16-21)14-15-30-27(23)29/h5-18,26,31H,4H2,1-3H3,(H2,29,30)(H,32,33). The summed E-state index contributed by atoms with van der Waals surface area (Å²) < 4.78 is 19.5. The summed E-state index contributed by atoms with van der Waals surface area (Å²) in [6.07, 6.45) is 1.61. The van der Waals surface area contributed by atoms with Crippen molar-refractivity contribution in [1.82, 2.24) is 9.71 Å². The Kier molecular flexibility index (Phi) is 9.12. The number of carbonyl (C=O) groups is 1. The zero-order chi connectivity index (χ0) is 26.9. The van der Waals surface area contributed by atoms with Crippen molar-refractivity contribution in [2.24, 2.45) is 0 Å². The van der Waals surface area contributed by atoms with Gasteiger partial charge in [0, 0.05) is 17.3 Å². The van der Waals surface area contributed by atoms with Crippen LogP contribution >= 0.6 is 12.2 Å². The second-order valence-electron chi connectivity index (χ2n) is 8.53. The number of ether oxygens (including phenoxy) is 2. The van der Waals surface area contributed by atoms with Crippen molar-refractivity contribution >= 4 is 40.4 Å². The normalized spacial score (nSPS) is 11.7. The first-order valence-corrected chi connectivity index (χ1v) is 12.9. The van der Waals surface area contributed by atoms with Crippen molar-refractivity contribution in [2.75, 3.05) is 17.7 Å². The number of aromatic nitrogens is 1.